The van der Waals surface area contributed by atoms with E-state index in [1.807, 2.05) is 13.8 Å². The second kappa shape index (κ2) is 8.19. The van der Waals surface area contributed by atoms with Crippen LogP contribution in [-0.2, 0) is 10.0 Å². The molecule has 2 N–H and O–H groups in total. The van der Waals surface area contributed by atoms with E-state index in [4.69, 9.17) is 5.11 Å². The van der Waals surface area contributed by atoms with Gasteiger partial charge < -0.3 is 10.4 Å². The van der Waals surface area contributed by atoms with Crippen molar-refractivity contribution < 1.29 is 13.5 Å². The third kappa shape index (κ3) is 5.02. The fourth-order valence-electron chi connectivity index (χ4n) is 2.80. The molecule has 1 aliphatic heterocycles. The van der Waals surface area contributed by atoms with Gasteiger partial charge in [-0.2, -0.15) is 4.31 Å². The highest BCUT2D eigenvalue weighted by Crippen LogP contribution is 2.19. The van der Waals surface area contributed by atoms with Crippen molar-refractivity contribution in [2.45, 2.75) is 45.6 Å². The molecule has 1 unspecified atom stereocenters. The SMILES string of the molecule is CCC(CC)N(CCO)S(=O)(=O)CC1CCCNC1. The van der Waals surface area contributed by atoms with Gasteiger partial charge in [-0.25, -0.2) is 8.42 Å². The number of nitrogens with one attached hydrogen (secondary N) is 1. The largest absolute Gasteiger partial charge is 0.395 e. The average Bonchev–Trinajstić information content (AvgIpc) is 2.39. The van der Waals surface area contributed by atoms with Crippen LogP contribution in [-0.4, -0.2) is 55.9 Å². The number of aliphatic hydroxyl groups is 1. The number of rotatable bonds is 8. The fourth-order valence-corrected chi connectivity index (χ4v) is 4.99. The van der Waals surface area contributed by atoms with Gasteiger partial charge in [-0.1, -0.05) is 13.8 Å². The topological polar surface area (TPSA) is 69.6 Å². The lowest BCUT2D eigenvalue weighted by Crippen LogP contribution is -2.45. The molecular formula is C13H28N2O3S. The van der Waals surface area contributed by atoms with Gasteiger partial charge in [0.15, 0.2) is 0 Å². The molecule has 0 aliphatic carbocycles. The van der Waals surface area contributed by atoms with E-state index >= 15 is 0 Å². The van der Waals surface area contributed by atoms with E-state index in [-0.39, 0.29) is 30.9 Å². The molecule has 1 fully saturated rings. The minimum Gasteiger partial charge on any atom is -0.395 e. The van der Waals surface area contributed by atoms with Crippen molar-refractivity contribution >= 4 is 10.0 Å². The van der Waals surface area contributed by atoms with Gasteiger partial charge in [0.1, 0.15) is 0 Å². The van der Waals surface area contributed by atoms with Crippen LogP contribution in [0.5, 0.6) is 0 Å². The molecule has 19 heavy (non-hydrogen) atoms. The van der Waals surface area contributed by atoms with Crippen molar-refractivity contribution in [3.63, 3.8) is 0 Å². The Labute approximate surface area is 117 Å². The summed E-state index contributed by atoms with van der Waals surface area (Å²) >= 11 is 0. The monoisotopic (exact) mass is 292 g/mol. The molecule has 1 rings (SSSR count). The molecular weight excluding hydrogens is 264 g/mol. The Balaban J connectivity index is 2.73. The van der Waals surface area contributed by atoms with Crippen LogP contribution in [0.3, 0.4) is 0 Å². The van der Waals surface area contributed by atoms with E-state index in [0.717, 1.165) is 38.8 Å². The summed E-state index contributed by atoms with van der Waals surface area (Å²) in [7, 11) is -3.27. The molecule has 1 aliphatic rings. The molecule has 6 heteroatoms. The number of hydrogen-bond donors (Lipinski definition) is 2. The number of aliphatic hydroxyl groups excluding tert-OH is 1. The predicted molar refractivity (Wildman–Crippen MR) is 77.5 cm³/mol. The Hall–Kier alpha value is -0.170. The molecule has 0 amide bonds. The molecule has 1 heterocycles. The summed E-state index contributed by atoms with van der Waals surface area (Å²) in [5, 5.41) is 12.4. The zero-order chi connectivity index (χ0) is 14.3. The maximum Gasteiger partial charge on any atom is 0.214 e. The van der Waals surface area contributed by atoms with Crippen molar-refractivity contribution in [3.8, 4) is 0 Å². The van der Waals surface area contributed by atoms with Gasteiger partial charge in [-0.05, 0) is 44.7 Å². The first-order valence-corrected chi connectivity index (χ1v) is 8.97. The molecule has 0 aromatic heterocycles. The number of hydrogen-bond acceptors (Lipinski definition) is 4. The van der Waals surface area contributed by atoms with Crippen LogP contribution in [0.15, 0.2) is 0 Å². The van der Waals surface area contributed by atoms with Crippen LogP contribution in [0.2, 0.25) is 0 Å². The Morgan fingerprint density at radius 3 is 2.53 bits per heavy atom. The average molecular weight is 292 g/mol. The van der Waals surface area contributed by atoms with Gasteiger partial charge in [0.25, 0.3) is 0 Å². The summed E-state index contributed by atoms with van der Waals surface area (Å²) in [5.41, 5.74) is 0. The third-order valence-electron chi connectivity index (χ3n) is 3.87. The minimum absolute atomic E-state index is 0.00806. The lowest BCUT2D eigenvalue weighted by atomic mass is 10.0. The Morgan fingerprint density at radius 2 is 2.05 bits per heavy atom. The van der Waals surface area contributed by atoms with Gasteiger partial charge in [0, 0.05) is 12.6 Å². The summed E-state index contributed by atoms with van der Waals surface area (Å²) in [4.78, 5) is 0. The summed E-state index contributed by atoms with van der Waals surface area (Å²) in [6.07, 6.45) is 3.60. The van der Waals surface area contributed by atoms with E-state index < -0.39 is 10.0 Å². The normalized spacial score (nSPS) is 21.2. The van der Waals surface area contributed by atoms with Crippen molar-refractivity contribution in [2.75, 3.05) is 32.0 Å². The molecule has 0 aromatic carbocycles. The number of nitrogens with zero attached hydrogens (tertiary/aromatic N) is 1. The van der Waals surface area contributed by atoms with Crippen LogP contribution >= 0.6 is 0 Å². The van der Waals surface area contributed by atoms with Crippen LogP contribution in [0, 0.1) is 5.92 Å². The lowest BCUT2D eigenvalue weighted by Gasteiger charge is -2.31. The van der Waals surface area contributed by atoms with Gasteiger partial charge in [0.2, 0.25) is 10.0 Å². The molecule has 1 saturated heterocycles. The predicted octanol–water partition coefficient (Wildman–Crippen LogP) is 0.799. The van der Waals surface area contributed by atoms with Crippen LogP contribution in [0.1, 0.15) is 39.5 Å². The number of sulfonamides is 1. The van der Waals surface area contributed by atoms with Crippen molar-refractivity contribution in [1.29, 1.82) is 0 Å². The van der Waals surface area contributed by atoms with Crippen LogP contribution in [0.4, 0.5) is 0 Å². The Kier molecular flexibility index (Phi) is 7.28. The molecule has 5 nitrogen and oxygen atoms in total. The Bertz CT molecular complexity index is 336. The fraction of sp³-hybridized carbons (Fsp3) is 1.00. The first kappa shape index (κ1) is 16.9. The molecule has 0 saturated carbocycles. The van der Waals surface area contributed by atoms with Gasteiger partial charge in [0.05, 0.1) is 12.4 Å². The van der Waals surface area contributed by atoms with Crippen molar-refractivity contribution in [3.05, 3.63) is 0 Å². The standard InChI is InChI=1S/C13H28N2O3S/c1-3-13(4-2)15(8-9-16)19(17,18)11-12-6-5-7-14-10-12/h12-14,16H,3-11H2,1-2H3. The first-order chi connectivity index (χ1) is 9.05. The van der Waals surface area contributed by atoms with E-state index in [1.54, 1.807) is 0 Å². The third-order valence-corrected chi connectivity index (χ3v) is 5.96. The quantitative estimate of drug-likeness (QED) is 0.694. The van der Waals surface area contributed by atoms with Gasteiger partial charge in [-0.3, -0.25) is 0 Å². The highest BCUT2D eigenvalue weighted by Gasteiger charge is 2.30. The Morgan fingerprint density at radius 1 is 1.37 bits per heavy atom. The molecule has 0 spiro atoms. The first-order valence-electron chi connectivity index (χ1n) is 7.36. The molecule has 0 radical (unpaired) electrons. The maximum atomic E-state index is 12.5. The van der Waals surface area contributed by atoms with E-state index in [2.05, 4.69) is 5.32 Å². The summed E-state index contributed by atoms with van der Waals surface area (Å²) in [5.74, 6) is 0.408. The van der Waals surface area contributed by atoms with E-state index in [1.165, 1.54) is 4.31 Å². The molecule has 0 aromatic rings. The smallest absolute Gasteiger partial charge is 0.214 e. The zero-order valence-electron chi connectivity index (χ0n) is 12.1. The molecule has 0 bridgehead atoms. The minimum atomic E-state index is -3.27. The van der Waals surface area contributed by atoms with Crippen molar-refractivity contribution in [1.82, 2.24) is 9.62 Å². The summed E-state index contributed by atoms with van der Waals surface area (Å²) < 4.78 is 26.6. The van der Waals surface area contributed by atoms with E-state index in [9.17, 15) is 8.42 Å². The highest BCUT2D eigenvalue weighted by atomic mass is 32.2. The van der Waals surface area contributed by atoms with Crippen LogP contribution < -0.4 is 5.32 Å². The summed E-state index contributed by atoms with van der Waals surface area (Å²) in [6.45, 7) is 5.87. The summed E-state index contributed by atoms with van der Waals surface area (Å²) in [6, 6.07) is 0.00806. The van der Waals surface area contributed by atoms with Crippen molar-refractivity contribution in [2.24, 2.45) is 5.92 Å². The maximum absolute atomic E-state index is 12.5. The molecule has 1 atom stereocenters. The number of piperidine rings is 1. The van der Waals surface area contributed by atoms with Crippen LogP contribution in [0.25, 0.3) is 0 Å². The lowest BCUT2D eigenvalue weighted by molar-refractivity contribution is 0.218. The molecule has 114 valence electrons. The van der Waals surface area contributed by atoms with E-state index in [0.29, 0.717) is 0 Å². The van der Waals surface area contributed by atoms with Gasteiger partial charge in [-0.15, -0.1) is 0 Å². The second-order valence-electron chi connectivity index (χ2n) is 5.30. The second-order valence-corrected chi connectivity index (χ2v) is 7.26. The highest BCUT2D eigenvalue weighted by molar-refractivity contribution is 7.89. The zero-order valence-corrected chi connectivity index (χ0v) is 13.0. The van der Waals surface area contributed by atoms with Gasteiger partial charge >= 0.3 is 0 Å².